The molecule has 6 heteroatoms. The zero-order valence-electron chi connectivity index (χ0n) is 9.72. The lowest BCUT2D eigenvalue weighted by Crippen LogP contribution is -2.55. The minimum Gasteiger partial charge on any atom is -0.481 e. The van der Waals surface area contributed by atoms with Gasteiger partial charge >= 0.3 is 12.0 Å². The third-order valence-corrected chi connectivity index (χ3v) is 3.33. The van der Waals surface area contributed by atoms with Crippen molar-refractivity contribution < 1.29 is 19.4 Å². The van der Waals surface area contributed by atoms with E-state index in [2.05, 4.69) is 5.32 Å². The van der Waals surface area contributed by atoms with Crippen LogP contribution in [-0.4, -0.2) is 53.8 Å². The molecule has 1 heterocycles. The molecule has 0 spiro atoms. The van der Waals surface area contributed by atoms with Crippen molar-refractivity contribution in [3.05, 3.63) is 0 Å². The Balaban J connectivity index is 1.89. The number of carboxylic acid groups (broad SMARTS) is 1. The number of rotatable bonds is 3. The maximum atomic E-state index is 12.0. The molecule has 0 aromatic carbocycles. The molecule has 1 aliphatic carbocycles. The van der Waals surface area contributed by atoms with Gasteiger partial charge in [0.25, 0.3) is 0 Å². The van der Waals surface area contributed by atoms with Gasteiger partial charge in [-0.1, -0.05) is 0 Å². The van der Waals surface area contributed by atoms with E-state index in [4.69, 9.17) is 9.84 Å². The molecule has 1 atom stereocenters. The first-order valence-electron chi connectivity index (χ1n) is 6.03. The van der Waals surface area contributed by atoms with Gasteiger partial charge in [0, 0.05) is 12.6 Å². The number of nitrogens with one attached hydrogen (secondary N) is 1. The number of nitrogens with zero attached hydrogens (tertiary/aromatic N) is 1. The van der Waals surface area contributed by atoms with Gasteiger partial charge in [0.15, 0.2) is 0 Å². The average Bonchev–Trinajstić information content (AvgIpc) is 2.23. The van der Waals surface area contributed by atoms with Gasteiger partial charge in [-0.05, 0) is 19.3 Å². The zero-order valence-corrected chi connectivity index (χ0v) is 9.72. The molecular formula is C11H18N2O4. The van der Waals surface area contributed by atoms with Crippen LogP contribution in [-0.2, 0) is 9.53 Å². The summed E-state index contributed by atoms with van der Waals surface area (Å²) in [6, 6.07) is -0.221. The second-order valence-electron chi connectivity index (χ2n) is 4.60. The van der Waals surface area contributed by atoms with Crippen LogP contribution in [0.3, 0.4) is 0 Å². The Morgan fingerprint density at radius 1 is 1.41 bits per heavy atom. The van der Waals surface area contributed by atoms with Crippen LogP contribution < -0.4 is 5.32 Å². The second-order valence-corrected chi connectivity index (χ2v) is 4.60. The van der Waals surface area contributed by atoms with Gasteiger partial charge in [0.2, 0.25) is 0 Å². The van der Waals surface area contributed by atoms with E-state index in [1.807, 2.05) is 0 Å². The van der Waals surface area contributed by atoms with E-state index in [1.54, 1.807) is 4.90 Å². The molecule has 2 N–H and O–H groups in total. The van der Waals surface area contributed by atoms with Crippen LogP contribution >= 0.6 is 0 Å². The van der Waals surface area contributed by atoms with Gasteiger partial charge in [-0.15, -0.1) is 0 Å². The van der Waals surface area contributed by atoms with Crippen LogP contribution in [0.25, 0.3) is 0 Å². The molecule has 2 amide bonds. The van der Waals surface area contributed by atoms with Crippen molar-refractivity contribution in [1.82, 2.24) is 10.2 Å². The standard InChI is InChI=1S/C11H18N2O4/c14-10(15)6-9-7-17-5-4-13(9)11(16)12-8-2-1-3-8/h8-9H,1-7H2,(H,12,16)(H,14,15). The monoisotopic (exact) mass is 242 g/mol. The maximum Gasteiger partial charge on any atom is 0.318 e. The highest BCUT2D eigenvalue weighted by Crippen LogP contribution is 2.19. The minimum atomic E-state index is -0.901. The second kappa shape index (κ2) is 5.35. The molecule has 1 unspecified atom stereocenters. The first-order chi connectivity index (χ1) is 8.16. The molecule has 2 fully saturated rings. The van der Waals surface area contributed by atoms with Crippen molar-refractivity contribution in [2.75, 3.05) is 19.8 Å². The molecule has 17 heavy (non-hydrogen) atoms. The summed E-state index contributed by atoms with van der Waals surface area (Å²) in [6.45, 7) is 1.26. The number of carbonyl (C=O) groups excluding carboxylic acids is 1. The first kappa shape index (κ1) is 12.2. The van der Waals surface area contributed by atoms with Gasteiger partial charge < -0.3 is 20.1 Å². The maximum absolute atomic E-state index is 12.0. The number of morpholine rings is 1. The summed E-state index contributed by atoms with van der Waals surface area (Å²) in [5.74, 6) is -0.901. The highest BCUT2D eigenvalue weighted by Gasteiger charge is 2.31. The Morgan fingerprint density at radius 2 is 2.18 bits per heavy atom. The summed E-state index contributed by atoms with van der Waals surface area (Å²) >= 11 is 0. The predicted octanol–water partition coefficient (Wildman–Crippen LogP) is 0.424. The van der Waals surface area contributed by atoms with Crippen molar-refractivity contribution in [3.8, 4) is 0 Å². The molecule has 96 valence electrons. The summed E-state index contributed by atoms with van der Waals surface area (Å²) in [7, 11) is 0. The first-order valence-corrected chi connectivity index (χ1v) is 6.03. The molecule has 1 aliphatic heterocycles. The molecule has 6 nitrogen and oxygen atoms in total. The number of carboxylic acids is 1. The Labute approximate surface area is 99.9 Å². The van der Waals surface area contributed by atoms with Gasteiger partial charge in [0.1, 0.15) is 0 Å². The van der Waals surface area contributed by atoms with Crippen LogP contribution in [0, 0.1) is 0 Å². The van der Waals surface area contributed by atoms with Crippen LogP contribution in [0.5, 0.6) is 0 Å². The largest absolute Gasteiger partial charge is 0.481 e. The topological polar surface area (TPSA) is 78.9 Å². The molecule has 1 saturated heterocycles. The molecule has 0 aromatic heterocycles. The van der Waals surface area contributed by atoms with E-state index in [9.17, 15) is 9.59 Å². The van der Waals surface area contributed by atoms with Crippen LogP contribution in [0.2, 0.25) is 0 Å². The van der Waals surface area contributed by atoms with Crippen LogP contribution in [0.4, 0.5) is 4.79 Å². The summed E-state index contributed by atoms with van der Waals surface area (Å²) < 4.78 is 5.22. The van der Waals surface area contributed by atoms with E-state index in [1.165, 1.54) is 0 Å². The number of hydrogen-bond acceptors (Lipinski definition) is 3. The Bertz CT molecular complexity index is 304. The summed E-state index contributed by atoms with van der Waals surface area (Å²) in [5.41, 5.74) is 0. The van der Waals surface area contributed by atoms with E-state index >= 15 is 0 Å². The predicted molar refractivity (Wildman–Crippen MR) is 59.7 cm³/mol. The Kier molecular flexibility index (Phi) is 3.83. The molecule has 0 bridgehead atoms. The lowest BCUT2D eigenvalue weighted by molar-refractivity contribution is -0.139. The van der Waals surface area contributed by atoms with E-state index in [-0.39, 0.29) is 24.5 Å². The van der Waals surface area contributed by atoms with Gasteiger partial charge in [-0.25, -0.2) is 4.79 Å². The number of amides is 2. The summed E-state index contributed by atoms with van der Waals surface area (Å²) in [6.07, 6.45) is 3.16. The molecule has 2 rings (SSSR count). The van der Waals surface area contributed by atoms with Crippen LogP contribution in [0.15, 0.2) is 0 Å². The molecule has 0 aromatic rings. The molecule has 1 saturated carbocycles. The Hall–Kier alpha value is -1.30. The Morgan fingerprint density at radius 3 is 2.76 bits per heavy atom. The van der Waals surface area contributed by atoms with E-state index in [0.29, 0.717) is 19.8 Å². The lowest BCUT2D eigenvalue weighted by Gasteiger charge is -2.37. The smallest absolute Gasteiger partial charge is 0.318 e. The zero-order chi connectivity index (χ0) is 12.3. The number of aliphatic carboxylic acids is 1. The highest BCUT2D eigenvalue weighted by atomic mass is 16.5. The van der Waals surface area contributed by atoms with Gasteiger partial charge in [-0.2, -0.15) is 0 Å². The minimum absolute atomic E-state index is 0.0575. The fourth-order valence-electron chi connectivity index (χ4n) is 2.10. The number of hydrogen-bond donors (Lipinski definition) is 2. The van der Waals surface area contributed by atoms with Crippen molar-refractivity contribution >= 4 is 12.0 Å². The van der Waals surface area contributed by atoms with Crippen LogP contribution in [0.1, 0.15) is 25.7 Å². The summed E-state index contributed by atoms with van der Waals surface area (Å²) in [5, 5.41) is 11.7. The fraction of sp³-hybridized carbons (Fsp3) is 0.818. The van der Waals surface area contributed by atoms with Crippen molar-refractivity contribution in [1.29, 1.82) is 0 Å². The third-order valence-electron chi connectivity index (χ3n) is 3.33. The molecular weight excluding hydrogens is 224 g/mol. The lowest BCUT2D eigenvalue weighted by atomic mass is 9.93. The van der Waals surface area contributed by atoms with Crippen molar-refractivity contribution in [2.24, 2.45) is 0 Å². The molecule has 0 radical (unpaired) electrons. The van der Waals surface area contributed by atoms with Crippen molar-refractivity contribution in [2.45, 2.75) is 37.8 Å². The van der Waals surface area contributed by atoms with Gasteiger partial charge in [-0.3, -0.25) is 4.79 Å². The van der Waals surface area contributed by atoms with Crippen molar-refractivity contribution in [3.63, 3.8) is 0 Å². The average molecular weight is 242 g/mol. The van der Waals surface area contributed by atoms with Gasteiger partial charge in [0.05, 0.1) is 25.7 Å². The van der Waals surface area contributed by atoms with E-state index < -0.39 is 5.97 Å². The summed E-state index contributed by atoms with van der Waals surface area (Å²) in [4.78, 5) is 24.3. The van der Waals surface area contributed by atoms with E-state index in [0.717, 1.165) is 19.3 Å². The number of ether oxygens (including phenoxy) is 1. The highest BCUT2D eigenvalue weighted by molar-refractivity contribution is 5.76. The fourth-order valence-corrected chi connectivity index (χ4v) is 2.10. The quantitative estimate of drug-likeness (QED) is 0.752. The number of urea groups is 1. The molecule has 2 aliphatic rings. The SMILES string of the molecule is O=C(O)CC1COCCN1C(=O)NC1CCC1. The third kappa shape index (κ3) is 3.09. The normalized spacial score (nSPS) is 25.2. The number of carbonyl (C=O) groups is 2.